The molecule has 7 heteroatoms. The first kappa shape index (κ1) is 19.1. The number of rotatable bonds is 5. The van der Waals surface area contributed by atoms with E-state index in [1.165, 1.54) is 0 Å². The van der Waals surface area contributed by atoms with Crippen molar-refractivity contribution in [3.63, 3.8) is 0 Å². The number of likely N-dealkylation sites (tertiary alicyclic amines) is 1. The predicted octanol–water partition coefficient (Wildman–Crippen LogP) is 2.61. The number of aliphatic hydroxyl groups is 2. The number of hydrogen-bond donors (Lipinski definition) is 3. The Hall–Kier alpha value is -2.22. The molecule has 1 heterocycles. The van der Waals surface area contributed by atoms with Crippen molar-refractivity contribution < 1.29 is 28.8 Å². The quantitative estimate of drug-likeness (QED) is 0.731. The van der Waals surface area contributed by atoms with Crippen LogP contribution in [-0.4, -0.2) is 51.6 Å². The van der Waals surface area contributed by atoms with Gasteiger partial charge in [0.25, 0.3) is 0 Å². The lowest BCUT2D eigenvalue weighted by Crippen LogP contribution is -2.36. The smallest absolute Gasteiger partial charge is 0.187 e. The average Bonchev–Trinajstić information content (AvgIpc) is 3.10. The van der Waals surface area contributed by atoms with Gasteiger partial charge < -0.3 is 20.1 Å². The second-order valence-electron chi connectivity index (χ2n) is 7.84. The van der Waals surface area contributed by atoms with Crippen LogP contribution in [0.5, 0.6) is 11.5 Å². The normalized spacial score (nSPS) is 28.3. The van der Waals surface area contributed by atoms with Gasteiger partial charge in [0, 0.05) is 32.0 Å². The van der Waals surface area contributed by atoms with Crippen molar-refractivity contribution in [2.24, 2.45) is 5.92 Å². The highest BCUT2D eigenvalue weighted by Gasteiger charge is 2.52. The molecule has 4 atom stereocenters. The summed E-state index contributed by atoms with van der Waals surface area (Å²) in [4.78, 5) is 1.90. The lowest BCUT2D eigenvalue weighted by molar-refractivity contribution is 0.0178. The summed E-state index contributed by atoms with van der Waals surface area (Å²) in [5, 5.41) is 30.5. The Bertz CT molecular complexity index is 827. The molecule has 4 rings (SSSR count). The second kappa shape index (κ2) is 7.31. The Morgan fingerprint density at radius 2 is 1.86 bits per heavy atom. The molecule has 2 aromatic rings. The number of aliphatic hydroxyl groups excluding tert-OH is 1. The minimum atomic E-state index is -1.12. The lowest BCUT2D eigenvalue weighted by atomic mass is 9.95. The first-order chi connectivity index (χ1) is 13.3. The topological polar surface area (TPSA) is 73.2 Å². The summed E-state index contributed by atoms with van der Waals surface area (Å²) in [5.41, 5.74) is -0.841. The molecular weight excluding hydrogens is 368 g/mol. The summed E-state index contributed by atoms with van der Waals surface area (Å²) >= 11 is 0. The number of phenols is 1. The molecule has 28 heavy (non-hydrogen) atoms. The van der Waals surface area contributed by atoms with Gasteiger partial charge in [-0.15, -0.1) is 0 Å². The molecular formula is C21H23F2NO4. The van der Waals surface area contributed by atoms with Crippen LogP contribution < -0.4 is 4.74 Å². The maximum Gasteiger partial charge on any atom is 0.187 e. The van der Waals surface area contributed by atoms with Gasteiger partial charge in [-0.25, -0.2) is 8.78 Å². The van der Waals surface area contributed by atoms with E-state index in [0.717, 1.165) is 17.9 Å². The number of β-amino-alcohol motifs (C(OH)–C–C–N with tert-alkyl or cyclic N) is 2. The molecule has 1 aliphatic heterocycles. The first-order valence-corrected chi connectivity index (χ1v) is 9.36. The monoisotopic (exact) mass is 391 g/mol. The zero-order valence-electron chi connectivity index (χ0n) is 15.3. The van der Waals surface area contributed by atoms with Crippen molar-refractivity contribution in [2.45, 2.75) is 30.7 Å². The molecule has 0 aromatic heterocycles. The van der Waals surface area contributed by atoms with Crippen LogP contribution in [0.3, 0.4) is 0 Å². The fraction of sp³-hybridized carbons (Fsp3) is 0.429. The van der Waals surface area contributed by atoms with E-state index in [9.17, 15) is 24.1 Å². The number of para-hydroxylation sites is 1. The molecule has 0 radical (unpaired) electrons. The fourth-order valence-corrected chi connectivity index (χ4v) is 4.43. The molecule has 1 unspecified atom stereocenters. The summed E-state index contributed by atoms with van der Waals surface area (Å²) in [6.45, 7) is 1.09. The zero-order valence-corrected chi connectivity index (χ0v) is 15.3. The lowest BCUT2D eigenvalue weighted by Gasteiger charge is -2.25. The van der Waals surface area contributed by atoms with E-state index in [-0.39, 0.29) is 24.1 Å². The predicted molar refractivity (Wildman–Crippen MR) is 98.0 cm³/mol. The number of hydrogen-bond acceptors (Lipinski definition) is 5. The number of phenolic OH excluding ortho intramolecular Hbond substituents is 1. The number of fused-ring (bicyclic) bond motifs is 1. The van der Waals surface area contributed by atoms with Gasteiger partial charge in [0.2, 0.25) is 0 Å². The maximum absolute atomic E-state index is 13.5. The van der Waals surface area contributed by atoms with Gasteiger partial charge in [-0.1, -0.05) is 18.2 Å². The van der Waals surface area contributed by atoms with Crippen molar-refractivity contribution in [1.29, 1.82) is 0 Å². The maximum atomic E-state index is 13.5. The summed E-state index contributed by atoms with van der Waals surface area (Å²) < 4.78 is 33.0. The van der Waals surface area contributed by atoms with Gasteiger partial charge in [-0.05, 0) is 36.2 Å². The molecule has 0 amide bonds. The van der Waals surface area contributed by atoms with Crippen molar-refractivity contribution >= 4 is 0 Å². The molecule has 0 bridgehead atoms. The van der Waals surface area contributed by atoms with Crippen LogP contribution >= 0.6 is 0 Å². The van der Waals surface area contributed by atoms with E-state index in [1.54, 1.807) is 0 Å². The van der Waals surface area contributed by atoms with Crippen LogP contribution in [0, 0.1) is 17.6 Å². The van der Waals surface area contributed by atoms with Crippen LogP contribution in [0.1, 0.15) is 24.5 Å². The number of halogens is 2. The van der Waals surface area contributed by atoms with Gasteiger partial charge in [0.1, 0.15) is 11.9 Å². The van der Waals surface area contributed by atoms with Crippen molar-refractivity contribution in [3.05, 3.63) is 59.7 Å². The molecule has 2 aromatic carbocycles. The fourth-order valence-electron chi connectivity index (χ4n) is 4.43. The highest BCUT2D eigenvalue weighted by molar-refractivity contribution is 5.31. The van der Waals surface area contributed by atoms with Crippen molar-refractivity contribution in [2.75, 3.05) is 19.6 Å². The molecule has 0 spiro atoms. The van der Waals surface area contributed by atoms with Crippen LogP contribution in [0.25, 0.3) is 0 Å². The molecule has 3 N–H and O–H groups in total. The van der Waals surface area contributed by atoms with Gasteiger partial charge in [-0.3, -0.25) is 4.90 Å². The Morgan fingerprint density at radius 3 is 2.50 bits per heavy atom. The Morgan fingerprint density at radius 1 is 1.18 bits per heavy atom. The van der Waals surface area contributed by atoms with E-state index in [2.05, 4.69) is 0 Å². The zero-order chi connectivity index (χ0) is 19.9. The minimum absolute atomic E-state index is 0.0155. The van der Waals surface area contributed by atoms with Gasteiger partial charge in [0.05, 0.1) is 11.7 Å². The van der Waals surface area contributed by atoms with Crippen molar-refractivity contribution in [3.8, 4) is 11.5 Å². The third kappa shape index (κ3) is 3.70. The van der Waals surface area contributed by atoms with Crippen LogP contribution in [0.2, 0.25) is 0 Å². The highest BCUT2D eigenvalue weighted by atomic mass is 19.1. The molecule has 5 nitrogen and oxygen atoms in total. The first-order valence-electron chi connectivity index (χ1n) is 9.36. The van der Waals surface area contributed by atoms with Gasteiger partial charge >= 0.3 is 0 Å². The second-order valence-corrected chi connectivity index (χ2v) is 7.84. The van der Waals surface area contributed by atoms with E-state index in [4.69, 9.17) is 4.74 Å². The Balaban J connectivity index is 1.36. The summed E-state index contributed by atoms with van der Waals surface area (Å²) in [7, 11) is 0. The van der Waals surface area contributed by atoms with Crippen LogP contribution in [0.4, 0.5) is 8.78 Å². The van der Waals surface area contributed by atoms with Crippen molar-refractivity contribution in [1.82, 2.24) is 4.90 Å². The minimum Gasteiger partial charge on any atom is -0.503 e. The summed E-state index contributed by atoms with van der Waals surface area (Å²) in [5.74, 6) is -2.47. The van der Waals surface area contributed by atoms with E-state index in [0.29, 0.717) is 25.9 Å². The number of benzene rings is 2. The summed E-state index contributed by atoms with van der Waals surface area (Å²) in [6, 6.07) is 11.3. The number of ether oxygens (including phenoxy) is 1. The van der Waals surface area contributed by atoms with E-state index >= 15 is 0 Å². The standard InChI is InChI=1S/C21H23F2NO4/c22-17-6-13(7-18(23)20(17)26)19(25)11-24-10-14-8-16(9-21(14,27)12-24)28-15-4-2-1-3-5-15/h1-7,14,16,19,25-27H,8-12H2/t14-,16+,19?,21-/m1/s1. The Kier molecular flexibility index (Phi) is 4.99. The third-order valence-corrected chi connectivity index (χ3v) is 5.77. The molecule has 1 aliphatic carbocycles. The SMILES string of the molecule is Oc1c(F)cc(C(O)CN2C[C@H]3C[C@H](Oc4ccccc4)C[C@@]3(O)C2)cc1F. The van der Waals surface area contributed by atoms with Crippen LogP contribution in [0.15, 0.2) is 42.5 Å². The van der Waals surface area contributed by atoms with E-state index < -0.39 is 29.1 Å². The Labute approximate surface area is 161 Å². The van der Waals surface area contributed by atoms with E-state index in [1.807, 2.05) is 35.2 Å². The van der Waals surface area contributed by atoms with Gasteiger partial charge in [0.15, 0.2) is 17.4 Å². The molecule has 1 saturated carbocycles. The number of nitrogens with zero attached hydrogens (tertiary/aromatic N) is 1. The average molecular weight is 391 g/mol. The van der Waals surface area contributed by atoms with Crippen LogP contribution in [-0.2, 0) is 0 Å². The number of aromatic hydroxyl groups is 1. The highest BCUT2D eigenvalue weighted by Crippen LogP contribution is 2.43. The molecule has 2 aliphatic rings. The summed E-state index contributed by atoms with van der Waals surface area (Å²) in [6.07, 6.45) is 0.0235. The third-order valence-electron chi connectivity index (χ3n) is 5.77. The molecule has 1 saturated heterocycles. The molecule has 2 fully saturated rings. The largest absolute Gasteiger partial charge is 0.503 e. The van der Waals surface area contributed by atoms with Gasteiger partial charge in [-0.2, -0.15) is 0 Å². The molecule has 150 valence electrons.